The second-order valence-corrected chi connectivity index (χ2v) is 7.91. The molecule has 1 saturated heterocycles. The van der Waals surface area contributed by atoms with Crippen molar-refractivity contribution in [2.45, 2.75) is 51.6 Å². The molecule has 1 heterocycles. The predicted molar refractivity (Wildman–Crippen MR) is 95.3 cm³/mol. The van der Waals surface area contributed by atoms with Crippen molar-refractivity contribution >= 4 is 11.8 Å². The largest absolute Gasteiger partial charge is 0.336 e. The van der Waals surface area contributed by atoms with Gasteiger partial charge in [0.25, 0.3) is 0 Å². The van der Waals surface area contributed by atoms with Gasteiger partial charge in [0.05, 0.1) is 6.54 Å². The summed E-state index contributed by atoms with van der Waals surface area (Å²) in [5, 5.41) is 0. The molecule has 0 bridgehead atoms. The molecule has 0 aromatic heterocycles. The number of carbonyl (C=O) groups is 2. The number of hydrogen-bond acceptors (Lipinski definition) is 3. The number of halogens is 3. The molecule has 5 nitrogen and oxygen atoms in total. The van der Waals surface area contributed by atoms with Crippen LogP contribution in [0.5, 0.6) is 0 Å². The molecule has 8 heteroatoms. The van der Waals surface area contributed by atoms with Gasteiger partial charge >= 0.3 is 0 Å². The van der Waals surface area contributed by atoms with Crippen LogP contribution in [0.4, 0.5) is 13.2 Å². The maximum atomic E-state index is 13.7. The molecule has 2 rings (SSSR count). The monoisotopic (exact) mass is 385 g/mol. The zero-order chi connectivity index (χ0) is 20.4. The highest BCUT2D eigenvalue weighted by Gasteiger charge is 2.31. The lowest BCUT2D eigenvalue weighted by Gasteiger charge is -2.34. The zero-order valence-corrected chi connectivity index (χ0v) is 15.9. The SMILES string of the molecule is CC(C)(C)N1CCCN(C(=O)C[C@H](N)Cc2cc(F)c(F)cc2F)CC1=O. The summed E-state index contributed by atoms with van der Waals surface area (Å²) in [6.45, 7) is 6.79. The van der Waals surface area contributed by atoms with E-state index in [1.807, 2.05) is 20.8 Å². The van der Waals surface area contributed by atoms with E-state index in [1.54, 1.807) is 4.90 Å². The van der Waals surface area contributed by atoms with E-state index in [0.29, 0.717) is 25.6 Å². The summed E-state index contributed by atoms with van der Waals surface area (Å²) in [6, 6.07) is 0.452. The first-order valence-corrected chi connectivity index (χ1v) is 8.96. The Morgan fingerprint density at radius 3 is 2.41 bits per heavy atom. The van der Waals surface area contributed by atoms with Gasteiger partial charge < -0.3 is 15.5 Å². The molecule has 0 spiro atoms. The minimum atomic E-state index is -1.27. The van der Waals surface area contributed by atoms with Crippen LogP contribution in [0, 0.1) is 17.5 Å². The van der Waals surface area contributed by atoms with E-state index in [9.17, 15) is 22.8 Å². The number of nitrogens with zero attached hydrogens (tertiary/aromatic N) is 2. The van der Waals surface area contributed by atoms with Crippen molar-refractivity contribution in [2.75, 3.05) is 19.6 Å². The molecule has 150 valence electrons. The van der Waals surface area contributed by atoms with E-state index in [2.05, 4.69) is 0 Å². The number of nitrogens with two attached hydrogens (primary N) is 1. The van der Waals surface area contributed by atoms with Crippen LogP contribution in [0.3, 0.4) is 0 Å². The van der Waals surface area contributed by atoms with Gasteiger partial charge in [0.1, 0.15) is 5.82 Å². The van der Waals surface area contributed by atoms with E-state index in [-0.39, 0.29) is 42.3 Å². The molecule has 0 radical (unpaired) electrons. The average Bonchev–Trinajstić information content (AvgIpc) is 2.74. The van der Waals surface area contributed by atoms with Gasteiger partial charge in [-0.2, -0.15) is 0 Å². The van der Waals surface area contributed by atoms with E-state index >= 15 is 0 Å². The molecule has 0 saturated carbocycles. The van der Waals surface area contributed by atoms with Gasteiger partial charge in [-0.25, -0.2) is 13.2 Å². The number of hydrogen-bond donors (Lipinski definition) is 1. The number of rotatable bonds is 4. The van der Waals surface area contributed by atoms with Gasteiger partial charge in [-0.15, -0.1) is 0 Å². The topological polar surface area (TPSA) is 66.6 Å². The Morgan fingerprint density at radius 1 is 1.15 bits per heavy atom. The van der Waals surface area contributed by atoms with Crippen LogP contribution in [0.2, 0.25) is 0 Å². The van der Waals surface area contributed by atoms with Gasteiger partial charge in [-0.1, -0.05) is 0 Å². The molecule has 0 unspecified atom stereocenters. The van der Waals surface area contributed by atoms with Crippen LogP contribution >= 0.6 is 0 Å². The molecule has 1 fully saturated rings. The minimum absolute atomic E-state index is 0.0254. The van der Waals surface area contributed by atoms with Gasteiger partial charge in [0, 0.05) is 37.2 Å². The van der Waals surface area contributed by atoms with Crippen molar-refractivity contribution in [1.82, 2.24) is 9.80 Å². The Morgan fingerprint density at radius 2 is 1.78 bits per heavy atom. The Balaban J connectivity index is 1.98. The van der Waals surface area contributed by atoms with Crippen molar-refractivity contribution < 1.29 is 22.8 Å². The molecule has 0 aliphatic carbocycles. The highest BCUT2D eigenvalue weighted by Crippen LogP contribution is 2.19. The fourth-order valence-corrected chi connectivity index (χ4v) is 3.22. The third kappa shape index (κ3) is 5.45. The van der Waals surface area contributed by atoms with Gasteiger partial charge in [0.15, 0.2) is 11.6 Å². The van der Waals surface area contributed by atoms with E-state index in [1.165, 1.54) is 4.90 Å². The van der Waals surface area contributed by atoms with Crippen molar-refractivity contribution in [3.8, 4) is 0 Å². The van der Waals surface area contributed by atoms with Gasteiger partial charge in [-0.05, 0) is 45.2 Å². The molecule has 1 atom stereocenters. The van der Waals surface area contributed by atoms with Crippen molar-refractivity contribution in [1.29, 1.82) is 0 Å². The lowest BCUT2D eigenvalue weighted by atomic mass is 10.0. The smallest absolute Gasteiger partial charge is 0.242 e. The van der Waals surface area contributed by atoms with Crippen molar-refractivity contribution in [3.05, 3.63) is 35.1 Å². The number of carbonyl (C=O) groups excluding carboxylic acids is 2. The van der Waals surface area contributed by atoms with E-state index in [4.69, 9.17) is 5.73 Å². The summed E-state index contributed by atoms with van der Waals surface area (Å²) in [6.07, 6.45) is 0.438. The summed E-state index contributed by atoms with van der Waals surface area (Å²) in [5.74, 6) is -3.77. The van der Waals surface area contributed by atoms with Crippen LogP contribution < -0.4 is 5.73 Å². The number of benzene rings is 1. The molecule has 27 heavy (non-hydrogen) atoms. The van der Waals surface area contributed by atoms with E-state index < -0.39 is 23.5 Å². The summed E-state index contributed by atoms with van der Waals surface area (Å²) in [4.78, 5) is 28.1. The van der Waals surface area contributed by atoms with Crippen LogP contribution in [0.15, 0.2) is 12.1 Å². The Kier molecular flexibility index (Phi) is 6.51. The fourth-order valence-electron chi connectivity index (χ4n) is 3.22. The third-order valence-corrected chi connectivity index (χ3v) is 4.61. The highest BCUT2D eigenvalue weighted by atomic mass is 19.2. The predicted octanol–water partition coefficient (Wildman–Crippen LogP) is 2.22. The first-order valence-electron chi connectivity index (χ1n) is 8.96. The molecular weight excluding hydrogens is 359 g/mol. The Labute approximate surface area is 157 Å². The Bertz CT molecular complexity index is 719. The van der Waals surface area contributed by atoms with Gasteiger partial charge in [-0.3, -0.25) is 9.59 Å². The standard InChI is InChI=1S/C19H26F3N3O2/c1-19(2,3)25-6-4-5-24(11-18(25)27)17(26)9-13(23)7-12-8-15(21)16(22)10-14(12)20/h8,10,13H,4-7,9,11,23H2,1-3H3/t13-/m1/s1. The molecule has 1 aromatic rings. The van der Waals surface area contributed by atoms with Crippen LogP contribution in [0.1, 0.15) is 39.2 Å². The van der Waals surface area contributed by atoms with Crippen molar-refractivity contribution in [3.63, 3.8) is 0 Å². The molecular formula is C19H26F3N3O2. The summed E-state index contributed by atoms with van der Waals surface area (Å²) < 4.78 is 40.0. The third-order valence-electron chi connectivity index (χ3n) is 4.61. The summed E-state index contributed by atoms with van der Waals surface area (Å²) in [5.41, 5.74) is 5.51. The first kappa shape index (κ1) is 21.2. The average molecular weight is 385 g/mol. The van der Waals surface area contributed by atoms with Gasteiger partial charge in [0.2, 0.25) is 11.8 Å². The molecule has 1 aromatic carbocycles. The van der Waals surface area contributed by atoms with Crippen LogP contribution in [0.25, 0.3) is 0 Å². The first-order chi connectivity index (χ1) is 12.5. The maximum Gasteiger partial charge on any atom is 0.242 e. The second kappa shape index (κ2) is 8.29. The van der Waals surface area contributed by atoms with Crippen molar-refractivity contribution in [2.24, 2.45) is 5.73 Å². The van der Waals surface area contributed by atoms with Crippen LogP contribution in [-0.4, -0.2) is 52.8 Å². The highest BCUT2D eigenvalue weighted by molar-refractivity contribution is 5.85. The summed E-state index contributed by atoms with van der Waals surface area (Å²) in [7, 11) is 0. The van der Waals surface area contributed by atoms with E-state index in [0.717, 1.165) is 6.07 Å². The molecule has 1 aliphatic rings. The quantitative estimate of drug-likeness (QED) is 0.809. The van der Waals surface area contributed by atoms with Crippen LogP contribution in [-0.2, 0) is 16.0 Å². The normalized spacial score (nSPS) is 17.1. The molecule has 2 N–H and O–H groups in total. The number of amides is 2. The fraction of sp³-hybridized carbons (Fsp3) is 0.579. The maximum absolute atomic E-state index is 13.7. The Hall–Kier alpha value is -2.09. The molecule has 1 aliphatic heterocycles. The minimum Gasteiger partial charge on any atom is -0.336 e. The second-order valence-electron chi connectivity index (χ2n) is 7.91. The molecule has 2 amide bonds. The lowest BCUT2D eigenvalue weighted by Crippen LogP contribution is -2.48. The summed E-state index contributed by atoms with van der Waals surface area (Å²) >= 11 is 0. The zero-order valence-electron chi connectivity index (χ0n) is 15.9. The lowest BCUT2D eigenvalue weighted by molar-refractivity contribution is -0.141.